The molecule has 0 aliphatic heterocycles. The van der Waals surface area contributed by atoms with Gasteiger partial charge in [-0.3, -0.25) is 0 Å². The number of aliphatic carboxylic acids is 1. The fourth-order valence-electron chi connectivity index (χ4n) is 1.52. The van der Waals surface area contributed by atoms with Crippen LogP contribution in [-0.2, 0) is 14.8 Å². The summed E-state index contributed by atoms with van der Waals surface area (Å²) in [4.78, 5) is 10.8. The van der Waals surface area contributed by atoms with Gasteiger partial charge in [0.25, 0.3) is 0 Å². The normalized spacial score (nSPS) is 12.7. The lowest BCUT2D eigenvalue weighted by molar-refractivity contribution is -0.306. The molecular formula is C12H16NO4S-. The number of sulfonamides is 1. The molecule has 0 bridgehead atoms. The lowest BCUT2D eigenvalue weighted by atomic mass is 10.1. The molecule has 0 spiro atoms. The highest BCUT2D eigenvalue weighted by Crippen LogP contribution is 2.23. The van der Waals surface area contributed by atoms with E-state index in [-0.39, 0.29) is 4.90 Å². The molecular weight excluding hydrogens is 254 g/mol. The van der Waals surface area contributed by atoms with Crippen LogP contribution < -0.4 is 5.11 Å². The second kappa shape index (κ2) is 5.07. The van der Waals surface area contributed by atoms with Crippen molar-refractivity contribution in [1.82, 2.24) is 4.31 Å². The van der Waals surface area contributed by atoms with E-state index < -0.39 is 28.1 Å². The summed E-state index contributed by atoms with van der Waals surface area (Å²) in [6, 6.07) is 7.74. The Morgan fingerprint density at radius 1 is 1.22 bits per heavy atom. The molecule has 1 rings (SSSR count). The number of benzene rings is 1. The highest BCUT2D eigenvalue weighted by Gasteiger charge is 2.33. The van der Waals surface area contributed by atoms with Crippen molar-refractivity contribution in [3.8, 4) is 0 Å². The third-order valence-corrected chi connectivity index (χ3v) is 4.48. The smallest absolute Gasteiger partial charge is 0.243 e. The van der Waals surface area contributed by atoms with Crippen LogP contribution in [0.5, 0.6) is 0 Å². The molecule has 0 heterocycles. The predicted octanol–water partition coefficient (Wildman–Crippen LogP) is 0.226. The number of carbonyl (C=O) groups excluding carboxylic acids is 1. The SMILES string of the molecule is CC(C)(C)N(CC(=O)[O-])S(=O)(=O)c1ccccc1. The van der Waals surface area contributed by atoms with Crippen molar-refractivity contribution in [2.24, 2.45) is 0 Å². The number of carboxylic acids is 1. The molecule has 0 saturated carbocycles. The van der Waals surface area contributed by atoms with E-state index in [0.29, 0.717) is 0 Å². The summed E-state index contributed by atoms with van der Waals surface area (Å²) in [5, 5.41) is 10.7. The zero-order valence-electron chi connectivity index (χ0n) is 10.6. The molecule has 1 aromatic rings. The minimum absolute atomic E-state index is 0.0705. The lowest BCUT2D eigenvalue weighted by Crippen LogP contribution is -2.50. The summed E-state index contributed by atoms with van der Waals surface area (Å²) in [7, 11) is -3.84. The first-order valence-corrected chi connectivity index (χ1v) is 6.87. The van der Waals surface area contributed by atoms with Gasteiger partial charge in [0.2, 0.25) is 10.0 Å². The Hall–Kier alpha value is -1.40. The molecule has 0 unspecified atom stereocenters. The molecule has 1 aromatic carbocycles. The van der Waals surface area contributed by atoms with Crippen molar-refractivity contribution in [3.63, 3.8) is 0 Å². The van der Waals surface area contributed by atoms with Gasteiger partial charge in [-0.2, -0.15) is 4.31 Å². The van der Waals surface area contributed by atoms with Crippen molar-refractivity contribution < 1.29 is 18.3 Å². The second-order valence-electron chi connectivity index (χ2n) is 4.87. The molecule has 0 radical (unpaired) electrons. The van der Waals surface area contributed by atoms with Gasteiger partial charge in [-0.25, -0.2) is 8.42 Å². The van der Waals surface area contributed by atoms with Crippen LogP contribution in [0.3, 0.4) is 0 Å². The van der Waals surface area contributed by atoms with Crippen LogP contribution in [0.25, 0.3) is 0 Å². The van der Waals surface area contributed by atoms with Crippen molar-refractivity contribution >= 4 is 16.0 Å². The van der Waals surface area contributed by atoms with Crippen LogP contribution in [0.15, 0.2) is 35.2 Å². The van der Waals surface area contributed by atoms with Gasteiger partial charge in [0, 0.05) is 5.54 Å². The molecule has 5 nitrogen and oxygen atoms in total. The second-order valence-corrected chi connectivity index (χ2v) is 6.73. The van der Waals surface area contributed by atoms with Gasteiger partial charge < -0.3 is 9.90 Å². The maximum Gasteiger partial charge on any atom is 0.243 e. The number of rotatable bonds is 4. The van der Waals surface area contributed by atoms with E-state index in [2.05, 4.69) is 0 Å². The van der Waals surface area contributed by atoms with Crippen molar-refractivity contribution in [1.29, 1.82) is 0 Å². The van der Waals surface area contributed by atoms with Crippen LogP contribution >= 0.6 is 0 Å². The summed E-state index contributed by atoms with van der Waals surface area (Å²) in [6.45, 7) is 4.24. The average molecular weight is 270 g/mol. The first kappa shape index (κ1) is 14.7. The van der Waals surface area contributed by atoms with E-state index in [1.54, 1.807) is 39.0 Å². The fourth-order valence-corrected chi connectivity index (χ4v) is 3.27. The van der Waals surface area contributed by atoms with Gasteiger partial charge in [0.05, 0.1) is 17.4 Å². The highest BCUT2D eigenvalue weighted by molar-refractivity contribution is 7.89. The van der Waals surface area contributed by atoms with Gasteiger partial charge >= 0.3 is 0 Å². The molecule has 0 fully saturated rings. The fraction of sp³-hybridized carbons (Fsp3) is 0.417. The predicted molar refractivity (Wildman–Crippen MR) is 65.1 cm³/mol. The van der Waals surface area contributed by atoms with Gasteiger partial charge in [0.1, 0.15) is 0 Å². The lowest BCUT2D eigenvalue weighted by Gasteiger charge is -2.34. The Labute approximate surface area is 107 Å². The average Bonchev–Trinajstić information content (AvgIpc) is 2.25. The van der Waals surface area contributed by atoms with Gasteiger partial charge in [0.15, 0.2) is 0 Å². The van der Waals surface area contributed by atoms with Crippen LogP contribution in [0, 0.1) is 0 Å². The Bertz CT molecular complexity index is 517. The number of hydrogen-bond acceptors (Lipinski definition) is 4. The van der Waals surface area contributed by atoms with Gasteiger partial charge in [-0.15, -0.1) is 0 Å². The molecule has 0 aromatic heterocycles. The molecule has 6 heteroatoms. The van der Waals surface area contributed by atoms with E-state index in [9.17, 15) is 18.3 Å². The van der Waals surface area contributed by atoms with Crippen LogP contribution in [0.4, 0.5) is 0 Å². The zero-order chi connectivity index (χ0) is 14.0. The molecule has 0 atom stereocenters. The van der Waals surface area contributed by atoms with Crippen molar-refractivity contribution in [2.45, 2.75) is 31.2 Å². The van der Waals surface area contributed by atoms with Gasteiger partial charge in [-0.1, -0.05) is 18.2 Å². The monoisotopic (exact) mass is 270 g/mol. The maximum atomic E-state index is 12.3. The topological polar surface area (TPSA) is 77.5 Å². The number of carbonyl (C=O) groups is 1. The minimum atomic E-state index is -3.84. The number of hydrogen-bond donors (Lipinski definition) is 0. The number of nitrogens with zero attached hydrogens (tertiary/aromatic N) is 1. The first-order chi connectivity index (χ1) is 8.15. The summed E-state index contributed by atoms with van der Waals surface area (Å²) < 4.78 is 25.6. The zero-order valence-corrected chi connectivity index (χ0v) is 11.4. The molecule has 0 aliphatic rings. The molecule has 0 saturated heterocycles. The molecule has 0 N–H and O–H groups in total. The molecule has 0 amide bonds. The quantitative estimate of drug-likeness (QED) is 0.784. The summed E-state index contributed by atoms with van der Waals surface area (Å²) in [5.74, 6) is -1.43. The Morgan fingerprint density at radius 2 is 1.72 bits per heavy atom. The Kier molecular flexibility index (Phi) is 4.13. The number of carboxylic acid groups (broad SMARTS) is 1. The maximum absolute atomic E-state index is 12.3. The van der Waals surface area contributed by atoms with Gasteiger partial charge in [-0.05, 0) is 32.9 Å². The summed E-state index contributed by atoms with van der Waals surface area (Å²) in [5.41, 5.74) is -0.839. The highest BCUT2D eigenvalue weighted by atomic mass is 32.2. The summed E-state index contributed by atoms with van der Waals surface area (Å²) in [6.07, 6.45) is 0. The molecule has 0 aliphatic carbocycles. The third kappa shape index (κ3) is 3.30. The first-order valence-electron chi connectivity index (χ1n) is 5.43. The largest absolute Gasteiger partial charge is 0.549 e. The molecule has 18 heavy (non-hydrogen) atoms. The van der Waals surface area contributed by atoms with E-state index >= 15 is 0 Å². The van der Waals surface area contributed by atoms with E-state index in [4.69, 9.17) is 0 Å². The van der Waals surface area contributed by atoms with Crippen LogP contribution in [0.2, 0.25) is 0 Å². The third-order valence-electron chi connectivity index (χ3n) is 2.35. The molecule has 100 valence electrons. The standard InChI is InChI=1S/C12H17NO4S/c1-12(2,3)13(9-11(14)15)18(16,17)10-7-5-4-6-8-10/h4-8H,9H2,1-3H3,(H,14,15)/p-1. The van der Waals surface area contributed by atoms with Crippen LogP contribution in [0.1, 0.15) is 20.8 Å². The van der Waals surface area contributed by atoms with E-state index in [0.717, 1.165) is 4.31 Å². The van der Waals surface area contributed by atoms with Crippen LogP contribution in [-0.4, -0.2) is 30.8 Å². The minimum Gasteiger partial charge on any atom is -0.549 e. The van der Waals surface area contributed by atoms with Crippen molar-refractivity contribution in [3.05, 3.63) is 30.3 Å². The van der Waals surface area contributed by atoms with Crippen molar-refractivity contribution in [2.75, 3.05) is 6.54 Å². The Balaban J connectivity index is 3.25. The Morgan fingerprint density at radius 3 is 2.11 bits per heavy atom. The van der Waals surface area contributed by atoms with E-state index in [1.165, 1.54) is 12.1 Å². The van der Waals surface area contributed by atoms with E-state index in [1.807, 2.05) is 0 Å². The summed E-state index contributed by atoms with van der Waals surface area (Å²) >= 11 is 0.